The average Bonchev–Trinajstić information content (AvgIpc) is 2.25. The van der Waals surface area contributed by atoms with Gasteiger partial charge in [0.15, 0.2) is 0 Å². The minimum Gasteiger partial charge on any atom is -0.481 e. The smallest absolute Gasteiger partial charge is 0.306 e. The normalized spacial score (nSPS) is 44.9. The first-order valence-corrected chi connectivity index (χ1v) is 7.11. The van der Waals surface area contributed by atoms with Crippen molar-refractivity contribution in [2.24, 2.45) is 28.9 Å². The fourth-order valence-electron chi connectivity index (χ4n) is 5.41. The fourth-order valence-corrected chi connectivity index (χ4v) is 5.41. The molecule has 1 atom stereocenters. The van der Waals surface area contributed by atoms with Crippen molar-refractivity contribution in [3.05, 3.63) is 0 Å². The molecule has 0 amide bonds. The Morgan fingerprint density at radius 1 is 1.17 bits per heavy atom. The average molecular weight is 253 g/mol. The quantitative estimate of drug-likeness (QED) is 0.706. The van der Waals surface area contributed by atoms with Gasteiger partial charge in [0.1, 0.15) is 0 Å². The van der Waals surface area contributed by atoms with Gasteiger partial charge in [-0.15, -0.1) is 0 Å². The molecule has 0 heterocycles. The Labute approximate surface area is 108 Å². The van der Waals surface area contributed by atoms with Gasteiger partial charge in [0, 0.05) is 12.0 Å². The zero-order valence-electron chi connectivity index (χ0n) is 10.8. The van der Waals surface area contributed by atoms with Crippen LogP contribution < -0.4 is 5.73 Å². The van der Waals surface area contributed by atoms with Crippen molar-refractivity contribution in [3.8, 4) is 0 Å². The first kappa shape index (κ1) is 12.4. The molecule has 4 aliphatic rings. The maximum absolute atomic E-state index is 11.1. The largest absolute Gasteiger partial charge is 0.481 e. The van der Waals surface area contributed by atoms with Crippen LogP contribution in [0.2, 0.25) is 0 Å². The SMILES string of the molecule is NCC(O)(CC(=O)O)C12CC3CC(CC(C3)C1)C2. The van der Waals surface area contributed by atoms with E-state index in [0.717, 1.165) is 19.3 Å². The van der Waals surface area contributed by atoms with E-state index in [2.05, 4.69) is 0 Å². The van der Waals surface area contributed by atoms with Gasteiger partial charge in [0.05, 0.1) is 12.0 Å². The molecular formula is C14H23NO3. The van der Waals surface area contributed by atoms with Crippen molar-refractivity contribution in [3.63, 3.8) is 0 Å². The Kier molecular flexibility index (Phi) is 2.72. The number of hydrogen-bond acceptors (Lipinski definition) is 3. The molecule has 0 spiro atoms. The molecule has 0 aliphatic heterocycles. The van der Waals surface area contributed by atoms with Gasteiger partial charge in [-0.1, -0.05) is 0 Å². The molecule has 4 rings (SSSR count). The summed E-state index contributed by atoms with van der Waals surface area (Å²) >= 11 is 0. The van der Waals surface area contributed by atoms with Gasteiger partial charge in [-0.2, -0.15) is 0 Å². The zero-order valence-corrected chi connectivity index (χ0v) is 10.8. The van der Waals surface area contributed by atoms with Crippen LogP contribution in [0.15, 0.2) is 0 Å². The lowest BCUT2D eigenvalue weighted by atomic mass is 9.45. The van der Waals surface area contributed by atoms with Crippen LogP contribution in [0, 0.1) is 23.2 Å². The van der Waals surface area contributed by atoms with Crippen molar-refractivity contribution in [2.45, 2.75) is 50.5 Å². The Morgan fingerprint density at radius 2 is 1.61 bits per heavy atom. The Morgan fingerprint density at radius 3 is 1.94 bits per heavy atom. The monoisotopic (exact) mass is 253 g/mol. The lowest BCUT2D eigenvalue weighted by Crippen LogP contribution is -2.61. The van der Waals surface area contributed by atoms with E-state index in [1.807, 2.05) is 0 Å². The summed E-state index contributed by atoms with van der Waals surface area (Å²) in [5.41, 5.74) is 4.35. The zero-order chi connectivity index (χ0) is 13.0. The number of nitrogens with two attached hydrogens (primary N) is 1. The number of rotatable bonds is 4. The summed E-state index contributed by atoms with van der Waals surface area (Å²) in [7, 11) is 0. The Bertz CT molecular complexity index is 333. The second-order valence-electron chi connectivity index (χ2n) is 7.00. The molecule has 0 radical (unpaired) electrons. The van der Waals surface area contributed by atoms with Crippen molar-refractivity contribution >= 4 is 5.97 Å². The summed E-state index contributed by atoms with van der Waals surface area (Å²) in [5.74, 6) is 1.16. The number of carboxylic acids is 1. The molecule has 4 saturated carbocycles. The van der Waals surface area contributed by atoms with Gasteiger partial charge in [-0.05, 0) is 56.3 Å². The third-order valence-corrected chi connectivity index (χ3v) is 5.81. The van der Waals surface area contributed by atoms with Crippen molar-refractivity contribution < 1.29 is 15.0 Å². The van der Waals surface area contributed by atoms with Crippen molar-refractivity contribution in [1.29, 1.82) is 0 Å². The highest BCUT2D eigenvalue weighted by molar-refractivity contribution is 5.68. The molecule has 102 valence electrons. The van der Waals surface area contributed by atoms with Gasteiger partial charge < -0.3 is 15.9 Å². The molecule has 4 nitrogen and oxygen atoms in total. The molecule has 4 N–H and O–H groups in total. The van der Waals surface area contributed by atoms with Crippen LogP contribution in [0.1, 0.15) is 44.9 Å². The molecule has 18 heavy (non-hydrogen) atoms. The van der Waals surface area contributed by atoms with E-state index in [0.29, 0.717) is 17.8 Å². The van der Waals surface area contributed by atoms with Crippen LogP contribution in [0.5, 0.6) is 0 Å². The molecule has 4 fully saturated rings. The lowest BCUT2D eigenvalue weighted by molar-refractivity contribution is -0.185. The summed E-state index contributed by atoms with van der Waals surface area (Å²) in [5, 5.41) is 19.9. The van der Waals surface area contributed by atoms with E-state index in [4.69, 9.17) is 10.8 Å². The van der Waals surface area contributed by atoms with E-state index in [-0.39, 0.29) is 18.4 Å². The minimum absolute atomic E-state index is 0.0749. The first-order chi connectivity index (χ1) is 8.46. The maximum Gasteiger partial charge on any atom is 0.306 e. The second-order valence-corrected chi connectivity index (χ2v) is 7.00. The molecule has 0 aromatic carbocycles. The van der Waals surface area contributed by atoms with Gasteiger partial charge >= 0.3 is 5.97 Å². The molecule has 4 bridgehead atoms. The molecule has 0 saturated heterocycles. The van der Waals surface area contributed by atoms with E-state index in [1.165, 1.54) is 19.3 Å². The predicted molar refractivity (Wildman–Crippen MR) is 66.9 cm³/mol. The van der Waals surface area contributed by atoms with Gasteiger partial charge in [-0.25, -0.2) is 0 Å². The summed E-state index contributed by atoms with van der Waals surface area (Å²) in [4.78, 5) is 11.1. The topological polar surface area (TPSA) is 83.5 Å². The highest BCUT2D eigenvalue weighted by Crippen LogP contribution is 2.64. The Balaban J connectivity index is 1.91. The predicted octanol–water partition coefficient (Wildman–Crippen LogP) is 1.37. The van der Waals surface area contributed by atoms with Gasteiger partial charge in [-0.3, -0.25) is 4.79 Å². The third-order valence-electron chi connectivity index (χ3n) is 5.81. The summed E-state index contributed by atoms with van der Waals surface area (Å²) in [6.07, 6.45) is 6.61. The van der Waals surface area contributed by atoms with Crippen LogP contribution in [-0.4, -0.2) is 28.3 Å². The third kappa shape index (κ3) is 1.69. The Hall–Kier alpha value is -0.610. The molecule has 4 heteroatoms. The van der Waals surface area contributed by atoms with Crippen molar-refractivity contribution in [2.75, 3.05) is 6.54 Å². The van der Waals surface area contributed by atoms with Crippen LogP contribution >= 0.6 is 0 Å². The number of carboxylic acid groups (broad SMARTS) is 1. The molecule has 1 unspecified atom stereocenters. The number of aliphatic hydroxyl groups is 1. The van der Waals surface area contributed by atoms with Crippen LogP contribution in [0.4, 0.5) is 0 Å². The fraction of sp³-hybridized carbons (Fsp3) is 0.929. The summed E-state index contributed by atoms with van der Waals surface area (Å²) < 4.78 is 0. The molecular weight excluding hydrogens is 230 g/mol. The molecule has 0 aromatic heterocycles. The van der Waals surface area contributed by atoms with E-state index in [9.17, 15) is 9.90 Å². The number of carbonyl (C=O) groups is 1. The van der Waals surface area contributed by atoms with Crippen LogP contribution in [-0.2, 0) is 4.79 Å². The van der Waals surface area contributed by atoms with Crippen LogP contribution in [0.3, 0.4) is 0 Å². The minimum atomic E-state index is -1.20. The van der Waals surface area contributed by atoms with Crippen molar-refractivity contribution in [1.82, 2.24) is 0 Å². The maximum atomic E-state index is 11.1. The van der Waals surface area contributed by atoms with Gasteiger partial charge in [0.25, 0.3) is 0 Å². The molecule has 4 aliphatic carbocycles. The lowest BCUT2D eigenvalue weighted by Gasteiger charge is -2.61. The standard InChI is InChI=1S/C14H23NO3/c15-8-14(18,7-12(16)17)13-4-9-1-10(5-13)3-11(2-9)6-13/h9-11,18H,1-8,15H2,(H,16,17). The number of hydrogen-bond donors (Lipinski definition) is 3. The summed E-state index contributed by atoms with van der Waals surface area (Å²) in [6, 6.07) is 0. The molecule has 0 aromatic rings. The number of aliphatic carboxylic acids is 1. The first-order valence-electron chi connectivity index (χ1n) is 7.11. The van der Waals surface area contributed by atoms with E-state index < -0.39 is 11.6 Å². The highest BCUT2D eigenvalue weighted by Gasteiger charge is 2.59. The highest BCUT2D eigenvalue weighted by atomic mass is 16.4. The van der Waals surface area contributed by atoms with E-state index in [1.54, 1.807) is 0 Å². The van der Waals surface area contributed by atoms with Crippen LogP contribution in [0.25, 0.3) is 0 Å². The van der Waals surface area contributed by atoms with Gasteiger partial charge in [0.2, 0.25) is 0 Å². The summed E-state index contributed by atoms with van der Waals surface area (Å²) in [6.45, 7) is 0.0749. The second kappa shape index (κ2) is 3.94. The van der Waals surface area contributed by atoms with E-state index >= 15 is 0 Å².